The van der Waals surface area contributed by atoms with Gasteiger partial charge in [0.1, 0.15) is 23.9 Å². The maximum atomic E-state index is 13.1. The minimum atomic E-state index is -0.340. The Morgan fingerprint density at radius 3 is 2.81 bits per heavy atom. The van der Waals surface area contributed by atoms with Crippen LogP contribution in [0.2, 0.25) is 0 Å². The first-order valence-electron chi connectivity index (χ1n) is 10.3. The number of hydrogen-bond acceptors (Lipinski definition) is 7. The molecule has 10 heteroatoms. The van der Waals surface area contributed by atoms with E-state index in [1.54, 1.807) is 11.2 Å². The molecule has 0 spiro atoms. The number of thioether (sulfide) groups is 1. The first kappa shape index (κ1) is 21.9. The van der Waals surface area contributed by atoms with E-state index < -0.39 is 0 Å². The van der Waals surface area contributed by atoms with Crippen molar-refractivity contribution in [3.05, 3.63) is 71.8 Å². The summed E-state index contributed by atoms with van der Waals surface area (Å²) in [6, 6.07) is 9.34. The van der Waals surface area contributed by atoms with Crippen LogP contribution >= 0.6 is 11.8 Å². The lowest BCUT2D eigenvalue weighted by molar-refractivity contribution is -0.127. The van der Waals surface area contributed by atoms with Gasteiger partial charge >= 0.3 is 0 Å². The van der Waals surface area contributed by atoms with E-state index in [1.165, 1.54) is 40.7 Å². The summed E-state index contributed by atoms with van der Waals surface area (Å²) in [5.74, 6) is 7.48. The van der Waals surface area contributed by atoms with Gasteiger partial charge in [0.05, 0.1) is 18.6 Å². The van der Waals surface area contributed by atoms with E-state index in [9.17, 15) is 9.18 Å². The van der Waals surface area contributed by atoms with Gasteiger partial charge in [-0.1, -0.05) is 17.8 Å². The van der Waals surface area contributed by atoms with Gasteiger partial charge in [0.25, 0.3) is 0 Å². The molecule has 0 unspecified atom stereocenters. The van der Waals surface area contributed by atoms with Crippen molar-refractivity contribution in [3.63, 3.8) is 0 Å². The maximum Gasteiger partial charge on any atom is 0.237 e. The zero-order valence-electron chi connectivity index (χ0n) is 17.4. The van der Waals surface area contributed by atoms with Crippen LogP contribution in [0.5, 0.6) is 5.75 Å². The number of nitrogens with zero attached hydrogens (tertiary/aromatic N) is 4. The van der Waals surface area contributed by atoms with Crippen molar-refractivity contribution in [1.29, 1.82) is 0 Å². The molecule has 0 atom stereocenters. The molecule has 3 aromatic rings. The average Bonchev–Trinajstić information content (AvgIpc) is 3.46. The molecular formula is C22H24FN5O3S. The van der Waals surface area contributed by atoms with Crippen LogP contribution in [-0.4, -0.2) is 31.4 Å². The topological polar surface area (TPSA) is 99.4 Å². The number of carbonyl (C=O) groups excluding carboxylic acids is 1. The number of aromatic nitrogens is 3. The number of furan rings is 1. The fraction of sp³-hybridized carbons (Fsp3) is 0.318. The minimum Gasteiger partial charge on any atom is -0.486 e. The molecule has 2 N–H and O–H groups in total. The van der Waals surface area contributed by atoms with Gasteiger partial charge in [-0.05, 0) is 62.1 Å². The second kappa shape index (κ2) is 10.4. The zero-order valence-corrected chi connectivity index (χ0v) is 18.3. The quantitative estimate of drug-likeness (QED) is 0.384. The van der Waals surface area contributed by atoms with Crippen LogP contribution in [0.1, 0.15) is 37.3 Å². The standard InChI is InChI=1S/C22H24FN5O3S/c23-16-8-10-18(11-9-16)31-14-20-25-26-22(28(20)24)32-15-21(29)27(13-19-7-4-12-30-19)17-5-2-1-3-6-17/h4-5,7-12H,1-3,6,13-15,24H2. The molecule has 0 saturated heterocycles. The molecule has 168 valence electrons. The summed E-state index contributed by atoms with van der Waals surface area (Å²) in [6.45, 7) is 0.464. The van der Waals surface area contributed by atoms with Gasteiger partial charge in [-0.25, -0.2) is 9.07 Å². The number of amides is 1. The maximum absolute atomic E-state index is 13.1. The third-order valence-corrected chi connectivity index (χ3v) is 5.98. The van der Waals surface area contributed by atoms with Crippen molar-refractivity contribution in [2.45, 2.75) is 44.0 Å². The molecule has 0 saturated carbocycles. The van der Waals surface area contributed by atoms with Gasteiger partial charge in [-0.3, -0.25) is 4.79 Å². The van der Waals surface area contributed by atoms with Crippen molar-refractivity contribution >= 4 is 17.7 Å². The summed E-state index contributed by atoms with van der Waals surface area (Å²) in [6.07, 6.45) is 7.78. The highest BCUT2D eigenvalue weighted by Gasteiger charge is 2.22. The van der Waals surface area contributed by atoms with E-state index >= 15 is 0 Å². The van der Waals surface area contributed by atoms with Gasteiger partial charge in [-0.15, -0.1) is 10.2 Å². The molecule has 1 aliphatic rings. The van der Waals surface area contributed by atoms with Gasteiger partial charge in [-0.2, -0.15) is 0 Å². The molecular weight excluding hydrogens is 433 g/mol. The second-order valence-corrected chi connectivity index (χ2v) is 8.24. The highest BCUT2D eigenvalue weighted by molar-refractivity contribution is 7.99. The van der Waals surface area contributed by atoms with E-state index in [2.05, 4.69) is 16.3 Å². The van der Waals surface area contributed by atoms with Crippen LogP contribution in [0.3, 0.4) is 0 Å². The Morgan fingerprint density at radius 1 is 1.25 bits per heavy atom. The van der Waals surface area contributed by atoms with Gasteiger partial charge in [0.15, 0.2) is 5.82 Å². The molecule has 2 heterocycles. The number of benzene rings is 1. The third kappa shape index (κ3) is 5.50. The molecule has 4 rings (SSSR count). The molecule has 0 aliphatic heterocycles. The Bertz CT molecular complexity index is 1070. The number of allylic oxidation sites excluding steroid dienone is 2. The van der Waals surface area contributed by atoms with E-state index in [4.69, 9.17) is 15.0 Å². The third-order valence-electron chi connectivity index (χ3n) is 5.05. The highest BCUT2D eigenvalue weighted by atomic mass is 32.2. The average molecular weight is 458 g/mol. The van der Waals surface area contributed by atoms with Crippen molar-refractivity contribution in [1.82, 2.24) is 19.8 Å². The Hall–Kier alpha value is -3.27. The van der Waals surface area contributed by atoms with Gasteiger partial charge in [0.2, 0.25) is 11.1 Å². The summed E-state index contributed by atoms with van der Waals surface area (Å²) in [4.78, 5) is 14.8. The number of carbonyl (C=O) groups is 1. The largest absolute Gasteiger partial charge is 0.486 e. The van der Waals surface area contributed by atoms with Crippen LogP contribution in [0.4, 0.5) is 4.39 Å². The predicted octanol–water partition coefficient (Wildman–Crippen LogP) is 3.88. The van der Waals surface area contributed by atoms with Crippen LogP contribution in [0, 0.1) is 5.82 Å². The van der Waals surface area contributed by atoms with E-state index in [1.807, 2.05) is 12.1 Å². The Kier molecular flexibility index (Phi) is 7.10. The molecule has 1 amide bonds. The molecule has 2 aromatic heterocycles. The van der Waals surface area contributed by atoms with Crippen LogP contribution in [-0.2, 0) is 17.9 Å². The molecule has 0 radical (unpaired) electrons. The predicted molar refractivity (Wildman–Crippen MR) is 117 cm³/mol. The molecule has 32 heavy (non-hydrogen) atoms. The van der Waals surface area contributed by atoms with Crippen LogP contribution < -0.4 is 10.6 Å². The number of nitrogen functional groups attached to an aromatic ring is 1. The zero-order chi connectivity index (χ0) is 22.3. The van der Waals surface area contributed by atoms with Crippen molar-refractivity contribution in [3.8, 4) is 5.75 Å². The van der Waals surface area contributed by atoms with Crippen molar-refractivity contribution < 1.29 is 18.3 Å². The van der Waals surface area contributed by atoms with Crippen LogP contribution in [0.25, 0.3) is 0 Å². The van der Waals surface area contributed by atoms with E-state index in [0.29, 0.717) is 23.3 Å². The lowest BCUT2D eigenvalue weighted by atomic mass is 10.0. The fourth-order valence-electron chi connectivity index (χ4n) is 3.36. The van der Waals surface area contributed by atoms with Gasteiger partial charge in [0, 0.05) is 5.70 Å². The van der Waals surface area contributed by atoms with Crippen LogP contribution in [0.15, 0.2) is 64.0 Å². The number of hydrogen-bond donors (Lipinski definition) is 1. The smallest absolute Gasteiger partial charge is 0.237 e. The molecule has 1 aliphatic carbocycles. The fourth-order valence-corrected chi connectivity index (χ4v) is 4.11. The lowest BCUT2D eigenvalue weighted by Crippen LogP contribution is -2.32. The molecule has 1 aromatic carbocycles. The second-order valence-electron chi connectivity index (χ2n) is 7.30. The normalized spacial score (nSPS) is 13.6. The summed E-state index contributed by atoms with van der Waals surface area (Å²) in [5, 5.41) is 8.52. The first-order valence-corrected chi connectivity index (χ1v) is 11.3. The Labute approximate surface area is 189 Å². The first-order chi connectivity index (χ1) is 15.6. The number of halogens is 1. The number of ether oxygens (including phenoxy) is 1. The minimum absolute atomic E-state index is 0.0494. The summed E-state index contributed by atoms with van der Waals surface area (Å²) < 4.78 is 25.3. The van der Waals surface area contributed by atoms with Crippen molar-refractivity contribution in [2.24, 2.45) is 0 Å². The SMILES string of the molecule is Nn1c(COc2ccc(F)cc2)nnc1SCC(=O)N(Cc1ccco1)C1=CCCCC1. The number of rotatable bonds is 9. The van der Waals surface area contributed by atoms with Crippen molar-refractivity contribution in [2.75, 3.05) is 11.6 Å². The Balaban J connectivity index is 1.37. The summed E-state index contributed by atoms with van der Waals surface area (Å²) in [5.41, 5.74) is 1.03. The van der Waals surface area contributed by atoms with E-state index in [0.717, 1.165) is 37.1 Å². The monoisotopic (exact) mass is 457 g/mol. The molecule has 0 fully saturated rings. The Morgan fingerprint density at radius 2 is 2.09 bits per heavy atom. The molecule has 8 nitrogen and oxygen atoms in total. The van der Waals surface area contributed by atoms with E-state index in [-0.39, 0.29) is 24.1 Å². The summed E-state index contributed by atoms with van der Waals surface area (Å²) >= 11 is 1.21. The number of nitrogens with two attached hydrogens (primary N) is 1. The summed E-state index contributed by atoms with van der Waals surface area (Å²) in [7, 11) is 0. The van der Waals surface area contributed by atoms with Gasteiger partial charge < -0.3 is 19.9 Å². The lowest BCUT2D eigenvalue weighted by Gasteiger charge is -2.27. The molecule has 0 bridgehead atoms. The highest BCUT2D eigenvalue weighted by Crippen LogP contribution is 2.25.